The van der Waals surface area contributed by atoms with Gasteiger partial charge in [-0.25, -0.2) is 4.39 Å². The van der Waals surface area contributed by atoms with Crippen molar-refractivity contribution >= 4 is 11.4 Å². The molecule has 3 nitrogen and oxygen atoms in total. The Morgan fingerprint density at radius 2 is 1.75 bits per heavy atom. The van der Waals surface area contributed by atoms with E-state index >= 15 is 0 Å². The van der Waals surface area contributed by atoms with Crippen LogP contribution in [-0.2, 0) is 0 Å². The van der Waals surface area contributed by atoms with Crippen molar-refractivity contribution in [2.24, 2.45) is 0 Å². The van der Waals surface area contributed by atoms with Crippen molar-refractivity contribution in [1.29, 1.82) is 5.26 Å². The van der Waals surface area contributed by atoms with Gasteiger partial charge in [-0.1, -0.05) is 24.3 Å². The molecule has 20 heavy (non-hydrogen) atoms. The van der Waals surface area contributed by atoms with E-state index in [0.29, 0.717) is 5.69 Å². The van der Waals surface area contributed by atoms with Crippen LogP contribution in [0.15, 0.2) is 48.5 Å². The van der Waals surface area contributed by atoms with E-state index in [-0.39, 0.29) is 5.82 Å². The molecular weight excluding hydrogens is 253 g/mol. The minimum absolute atomic E-state index is 0.329. The standard InChI is InChI=1S/C16H16FN3/c1-20(2)13-9-7-12(8-10-13)16(11-18)19-15-6-4-3-5-14(15)17/h3-10,16,19H,1-2H3. The average molecular weight is 269 g/mol. The third kappa shape index (κ3) is 3.07. The van der Waals surface area contributed by atoms with Crippen LogP contribution in [0.2, 0.25) is 0 Å². The minimum atomic E-state index is -0.580. The SMILES string of the molecule is CN(C)c1ccc(C(C#N)Nc2ccccc2F)cc1. The van der Waals surface area contributed by atoms with E-state index < -0.39 is 6.04 Å². The van der Waals surface area contributed by atoms with E-state index in [4.69, 9.17) is 0 Å². The topological polar surface area (TPSA) is 39.1 Å². The van der Waals surface area contributed by atoms with Gasteiger partial charge >= 0.3 is 0 Å². The average Bonchev–Trinajstić information content (AvgIpc) is 2.46. The maximum Gasteiger partial charge on any atom is 0.146 e. The normalized spacial score (nSPS) is 11.5. The van der Waals surface area contributed by atoms with Crippen LogP contribution in [0, 0.1) is 17.1 Å². The van der Waals surface area contributed by atoms with Crippen molar-refractivity contribution in [3.63, 3.8) is 0 Å². The summed E-state index contributed by atoms with van der Waals surface area (Å²) in [4.78, 5) is 1.98. The van der Waals surface area contributed by atoms with Crippen molar-refractivity contribution in [2.75, 3.05) is 24.3 Å². The Kier molecular flexibility index (Phi) is 4.21. The summed E-state index contributed by atoms with van der Waals surface area (Å²) in [6.45, 7) is 0. The fraction of sp³-hybridized carbons (Fsp3) is 0.188. The molecule has 1 unspecified atom stereocenters. The maximum absolute atomic E-state index is 13.6. The van der Waals surface area contributed by atoms with Crippen molar-refractivity contribution in [3.8, 4) is 6.07 Å². The van der Waals surface area contributed by atoms with E-state index in [1.54, 1.807) is 18.2 Å². The van der Waals surface area contributed by atoms with Crippen molar-refractivity contribution < 1.29 is 4.39 Å². The number of hydrogen-bond donors (Lipinski definition) is 1. The number of halogens is 1. The van der Waals surface area contributed by atoms with Crippen LogP contribution in [0.3, 0.4) is 0 Å². The van der Waals surface area contributed by atoms with E-state index in [0.717, 1.165) is 11.3 Å². The molecule has 0 aliphatic heterocycles. The zero-order valence-electron chi connectivity index (χ0n) is 11.5. The molecular formula is C16H16FN3. The summed E-state index contributed by atoms with van der Waals surface area (Å²) in [5.41, 5.74) is 2.19. The van der Waals surface area contributed by atoms with E-state index in [2.05, 4.69) is 11.4 Å². The molecule has 102 valence electrons. The van der Waals surface area contributed by atoms with Gasteiger partial charge in [0, 0.05) is 19.8 Å². The first-order chi connectivity index (χ1) is 9.61. The maximum atomic E-state index is 13.6. The lowest BCUT2D eigenvalue weighted by Crippen LogP contribution is -2.11. The van der Waals surface area contributed by atoms with Gasteiger partial charge < -0.3 is 10.2 Å². The lowest BCUT2D eigenvalue weighted by atomic mass is 10.1. The number of hydrogen-bond acceptors (Lipinski definition) is 3. The highest BCUT2D eigenvalue weighted by Gasteiger charge is 2.12. The van der Waals surface area contributed by atoms with E-state index in [1.165, 1.54) is 6.07 Å². The van der Waals surface area contributed by atoms with Gasteiger partial charge in [-0.2, -0.15) is 5.26 Å². The Balaban J connectivity index is 2.21. The van der Waals surface area contributed by atoms with Gasteiger partial charge in [-0.05, 0) is 29.8 Å². The van der Waals surface area contributed by atoms with Crippen LogP contribution in [0.5, 0.6) is 0 Å². The molecule has 0 saturated heterocycles. The molecule has 0 spiro atoms. The first kappa shape index (κ1) is 13.9. The zero-order valence-corrected chi connectivity index (χ0v) is 11.5. The molecule has 0 fully saturated rings. The quantitative estimate of drug-likeness (QED) is 0.922. The van der Waals surface area contributed by atoms with Gasteiger partial charge in [0.05, 0.1) is 11.8 Å². The van der Waals surface area contributed by atoms with Gasteiger partial charge in [0.15, 0.2) is 0 Å². The summed E-state index contributed by atoms with van der Waals surface area (Å²) in [6, 6.07) is 15.5. The Bertz CT molecular complexity index is 614. The number of nitrogens with one attached hydrogen (secondary N) is 1. The molecule has 1 atom stereocenters. The lowest BCUT2D eigenvalue weighted by molar-refractivity contribution is 0.629. The van der Waals surface area contributed by atoms with Gasteiger partial charge in [0.1, 0.15) is 11.9 Å². The van der Waals surface area contributed by atoms with Gasteiger partial charge in [0.2, 0.25) is 0 Å². The monoisotopic (exact) mass is 269 g/mol. The second kappa shape index (κ2) is 6.07. The molecule has 0 aliphatic carbocycles. The molecule has 4 heteroatoms. The van der Waals surface area contributed by atoms with Crippen LogP contribution < -0.4 is 10.2 Å². The number of nitrogens with zero attached hydrogens (tertiary/aromatic N) is 2. The van der Waals surface area contributed by atoms with Crippen molar-refractivity contribution in [3.05, 3.63) is 59.9 Å². The Morgan fingerprint density at radius 1 is 1.10 bits per heavy atom. The van der Waals surface area contributed by atoms with Crippen LogP contribution in [0.4, 0.5) is 15.8 Å². The molecule has 0 aliphatic rings. The zero-order chi connectivity index (χ0) is 14.5. The Morgan fingerprint density at radius 3 is 2.30 bits per heavy atom. The first-order valence-electron chi connectivity index (χ1n) is 6.30. The Hall–Kier alpha value is -2.54. The summed E-state index contributed by atoms with van der Waals surface area (Å²) in [5.74, 6) is -0.363. The minimum Gasteiger partial charge on any atom is -0.378 e. The predicted octanol–water partition coefficient (Wildman–Crippen LogP) is 3.57. The molecule has 0 amide bonds. The molecule has 0 aromatic heterocycles. The van der Waals surface area contributed by atoms with E-state index in [9.17, 15) is 9.65 Å². The molecule has 1 N–H and O–H groups in total. The fourth-order valence-electron chi connectivity index (χ4n) is 1.89. The lowest BCUT2D eigenvalue weighted by Gasteiger charge is -2.16. The fourth-order valence-corrected chi connectivity index (χ4v) is 1.89. The number of para-hydroxylation sites is 1. The number of benzene rings is 2. The molecule has 2 rings (SSSR count). The third-order valence-corrected chi connectivity index (χ3v) is 3.05. The molecule has 0 bridgehead atoms. The number of rotatable bonds is 4. The second-order valence-electron chi connectivity index (χ2n) is 4.67. The summed E-state index contributed by atoms with van der Waals surface area (Å²) in [6.07, 6.45) is 0. The highest BCUT2D eigenvalue weighted by atomic mass is 19.1. The van der Waals surface area contributed by atoms with Crippen molar-refractivity contribution in [2.45, 2.75) is 6.04 Å². The first-order valence-corrected chi connectivity index (χ1v) is 6.30. The predicted molar refractivity (Wildman–Crippen MR) is 79.1 cm³/mol. The van der Waals surface area contributed by atoms with Gasteiger partial charge in [-0.3, -0.25) is 0 Å². The molecule has 0 heterocycles. The van der Waals surface area contributed by atoms with Crippen LogP contribution in [0.25, 0.3) is 0 Å². The molecule has 0 radical (unpaired) electrons. The summed E-state index contributed by atoms with van der Waals surface area (Å²) in [7, 11) is 3.91. The third-order valence-electron chi connectivity index (χ3n) is 3.05. The van der Waals surface area contributed by atoms with Gasteiger partial charge in [-0.15, -0.1) is 0 Å². The van der Waals surface area contributed by atoms with E-state index in [1.807, 2.05) is 43.3 Å². The van der Waals surface area contributed by atoms with Crippen LogP contribution in [0.1, 0.15) is 11.6 Å². The molecule has 2 aromatic rings. The largest absolute Gasteiger partial charge is 0.378 e. The molecule has 2 aromatic carbocycles. The van der Waals surface area contributed by atoms with Crippen molar-refractivity contribution in [1.82, 2.24) is 0 Å². The van der Waals surface area contributed by atoms with Crippen LogP contribution in [-0.4, -0.2) is 14.1 Å². The second-order valence-corrected chi connectivity index (χ2v) is 4.67. The number of anilines is 2. The van der Waals surface area contributed by atoms with Crippen LogP contribution >= 0.6 is 0 Å². The number of nitriles is 1. The summed E-state index contributed by atoms with van der Waals surface area (Å²) < 4.78 is 13.6. The smallest absolute Gasteiger partial charge is 0.146 e. The summed E-state index contributed by atoms with van der Waals surface area (Å²) in [5, 5.41) is 12.2. The highest BCUT2D eigenvalue weighted by molar-refractivity contribution is 5.51. The molecule has 0 saturated carbocycles. The van der Waals surface area contributed by atoms with Gasteiger partial charge in [0.25, 0.3) is 0 Å². The Labute approximate surface area is 118 Å². The summed E-state index contributed by atoms with van der Waals surface area (Å²) >= 11 is 0. The highest BCUT2D eigenvalue weighted by Crippen LogP contribution is 2.23.